The van der Waals surface area contributed by atoms with Crippen LogP contribution < -0.4 is 5.32 Å². The molecule has 0 aliphatic carbocycles. The lowest BCUT2D eigenvalue weighted by molar-refractivity contribution is 0.0946. The first-order valence-corrected chi connectivity index (χ1v) is 6.45. The quantitative estimate of drug-likeness (QED) is 0.919. The summed E-state index contributed by atoms with van der Waals surface area (Å²) in [6, 6.07) is 1.85. The van der Waals surface area contributed by atoms with Crippen LogP contribution in [0.5, 0.6) is 0 Å². The molecule has 0 aromatic carbocycles. The molecule has 0 atom stereocenters. The SMILES string of the molecule is Cc1nc(-c2ncccn2)sc1C(=O)NC(C)C. The van der Waals surface area contributed by atoms with Gasteiger partial charge in [0, 0.05) is 18.4 Å². The lowest BCUT2D eigenvalue weighted by Gasteiger charge is -2.06. The largest absolute Gasteiger partial charge is 0.349 e. The predicted octanol–water partition coefficient (Wildman–Crippen LogP) is 2.05. The van der Waals surface area contributed by atoms with E-state index >= 15 is 0 Å². The van der Waals surface area contributed by atoms with Gasteiger partial charge < -0.3 is 5.32 Å². The number of nitrogens with one attached hydrogen (secondary N) is 1. The minimum atomic E-state index is -0.0952. The fourth-order valence-electron chi connectivity index (χ4n) is 1.44. The molecule has 0 bridgehead atoms. The Morgan fingerprint density at radius 2 is 2.00 bits per heavy atom. The topological polar surface area (TPSA) is 67.8 Å². The smallest absolute Gasteiger partial charge is 0.263 e. The maximum Gasteiger partial charge on any atom is 0.263 e. The van der Waals surface area contributed by atoms with E-state index in [9.17, 15) is 4.79 Å². The van der Waals surface area contributed by atoms with Crippen molar-refractivity contribution in [3.63, 3.8) is 0 Å². The van der Waals surface area contributed by atoms with Gasteiger partial charge in [-0.25, -0.2) is 15.0 Å². The highest BCUT2D eigenvalue weighted by atomic mass is 32.1. The van der Waals surface area contributed by atoms with Crippen LogP contribution in [-0.2, 0) is 0 Å². The normalized spacial score (nSPS) is 10.7. The molecular weight excluding hydrogens is 248 g/mol. The van der Waals surface area contributed by atoms with Gasteiger partial charge in [0.1, 0.15) is 4.88 Å². The van der Waals surface area contributed by atoms with Gasteiger partial charge >= 0.3 is 0 Å². The molecule has 0 unspecified atom stereocenters. The zero-order chi connectivity index (χ0) is 13.1. The van der Waals surface area contributed by atoms with Gasteiger partial charge in [0.05, 0.1) is 5.69 Å². The molecule has 5 nitrogen and oxygen atoms in total. The Labute approximate surface area is 109 Å². The maximum atomic E-state index is 11.9. The van der Waals surface area contributed by atoms with Crippen LogP contribution in [0.15, 0.2) is 18.5 Å². The molecule has 0 spiro atoms. The van der Waals surface area contributed by atoms with Gasteiger partial charge in [0.2, 0.25) is 0 Å². The molecule has 0 fully saturated rings. The Morgan fingerprint density at radius 1 is 1.33 bits per heavy atom. The molecule has 2 rings (SSSR count). The Bertz CT molecular complexity index is 550. The minimum absolute atomic E-state index is 0.0952. The van der Waals surface area contributed by atoms with Gasteiger partial charge in [-0.05, 0) is 26.8 Å². The molecule has 0 saturated carbocycles. The summed E-state index contributed by atoms with van der Waals surface area (Å²) in [5.74, 6) is 0.455. The first-order chi connectivity index (χ1) is 8.58. The van der Waals surface area contributed by atoms with Crippen molar-refractivity contribution >= 4 is 17.2 Å². The fourth-order valence-corrected chi connectivity index (χ4v) is 2.36. The van der Waals surface area contributed by atoms with E-state index in [1.165, 1.54) is 11.3 Å². The number of thiazole rings is 1. The highest BCUT2D eigenvalue weighted by Gasteiger charge is 2.17. The number of amides is 1. The van der Waals surface area contributed by atoms with Crippen molar-refractivity contribution in [2.45, 2.75) is 26.8 Å². The molecule has 0 saturated heterocycles. The van der Waals surface area contributed by atoms with Crippen LogP contribution in [0.3, 0.4) is 0 Å². The average Bonchev–Trinajstić information content (AvgIpc) is 2.72. The van der Waals surface area contributed by atoms with Crippen molar-refractivity contribution in [2.24, 2.45) is 0 Å². The van der Waals surface area contributed by atoms with E-state index in [0.29, 0.717) is 21.4 Å². The standard InChI is InChI=1S/C12H14N4OS/c1-7(2)15-11(17)9-8(3)16-12(18-9)10-13-5-4-6-14-10/h4-7H,1-3H3,(H,15,17). The van der Waals surface area contributed by atoms with Crippen molar-refractivity contribution in [1.82, 2.24) is 20.3 Å². The van der Waals surface area contributed by atoms with Crippen LogP contribution in [0.2, 0.25) is 0 Å². The second kappa shape index (κ2) is 5.22. The molecule has 6 heteroatoms. The molecular formula is C12H14N4OS. The Kier molecular flexibility index (Phi) is 3.66. The number of rotatable bonds is 3. The molecule has 1 amide bonds. The molecule has 1 N–H and O–H groups in total. The minimum Gasteiger partial charge on any atom is -0.349 e. The van der Waals surface area contributed by atoms with Crippen LogP contribution >= 0.6 is 11.3 Å². The van der Waals surface area contributed by atoms with E-state index < -0.39 is 0 Å². The summed E-state index contributed by atoms with van der Waals surface area (Å²) in [5, 5.41) is 3.52. The predicted molar refractivity (Wildman–Crippen MR) is 70.5 cm³/mol. The number of carbonyl (C=O) groups excluding carboxylic acids is 1. The Morgan fingerprint density at radius 3 is 2.61 bits per heavy atom. The molecule has 0 radical (unpaired) electrons. The number of aromatic nitrogens is 3. The monoisotopic (exact) mass is 262 g/mol. The summed E-state index contributed by atoms with van der Waals surface area (Å²) >= 11 is 1.31. The summed E-state index contributed by atoms with van der Waals surface area (Å²) < 4.78 is 0. The fraction of sp³-hybridized carbons (Fsp3) is 0.333. The van der Waals surface area contributed by atoms with Gasteiger partial charge in [-0.3, -0.25) is 4.79 Å². The Balaban J connectivity index is 2.30. The van der Waals surface area contributed by atoms with E-state index in [0.717, 1.165) is 0 Å². The Hall–Kier alpha value is -1.82. The maximum absolute atomic E-state index is 11.9. The number of hydrogen-bond acceptors (Lipinski definition) is 5. The van der Waals surface area contributed by atoms with Gasteiger partial charge in [0.25, 0.3) is 5.91 Å². The summed E-state index contributed by atoms with van der Waals surface area (Å²) in [5.41, 5.74) is 0.709. The van der Waals surface area contributed by atoms with E-state index in [-0.39, 0.29) is 11.9 Å². The zero-order valence-corrected chi connectivity index (χ0v) is 11.3. The van der Waals surface area contributed by atoms with Crippen molar-refractivity contribution in [3.8, 4) is 10.8 Å². The summed E-state index contributed by atoms with van der Waals surface area (Å²) in [7, 11) is 0. The number of nitrogens with zero attached hydrogens (tertiary/aromatic N) is 3. The average molecular weight is 262 g/mol. The second-order valence-electron chi connectivity index (χ2n) is 4.13. The van der Waals surface area contributed by atoms with E-state index in [1.807, 2.05) is 20.8 Å². The van der Waals surface area contributed by atoms with E-state index in [1.54, 1.807) is 18.5 Å². The molecule has 2 aromatic heterocycles. The van der Waals surface area contributed by atoms with Crippen molar-refractivity contribution in [2.75, 3.05) is 0 Å². The number of aryl methyl sites for hydroxylation is 1. The molecule has 2 aromatic rings. The molecule has 0 aliphatic heterocycles. The van der Waals surface area contributed by atoms with Crippen molar-refractivity contribution in [1.29, 1.82) is 0 Å². The van der Waals surface area contributed by atoms with E-state index in [4.69, 9.17) is 0 Å². The van der Waals surface area contributed by atoms with Gasteiger partial charge in [-0.2, -0.15) is 0 Å². The van der Waals surface area contributed by atoms with Crippen LogP contribution in [0.25, 0.3) is 10.8 Å². The van der Waals surface area contributed by atoms with Crippen LogP contribution in [-0.4, -0.2) is 26.9 Å². The first-order valence-electron chi connectivity index (χ1n) is 5.63. The number of carbonyl (C=O) groups is 1. The third-order valence-corrected chi connectivity index (χ3v) is 3.33. The number of hydrogen-bond donors (Lipinski definition) is 1. The summed E-state index contributed by atoms with van der Waals surface area (Å²) in [4.78, 5) is 25.2. The molecule has 18 heavy (non-hydrogen) atoms. The van der Waals surface area contributed by atoms with E-state index in [2.05, 4.69) is 20.3 Å². The second-order valence-corrected chi connectivity index (χ2v) is 5.13. The molecule has 0 aliphatic rings. The molecule has 94 valence electrons. The lowest BCUT2D eigenvalue weighted by Crippen LogP contribution is -2.29. The third-order valence-electron chi connectivity index (χ3n) is 2.18. The van der Waals surface area contributed by atoms with Crippen molar-refractivity contribution in [3.05, 3.63) is 29.0 Å². The zero-order valence-electron chi connectivity index (χ0n) is 10.5. The van der Waals surface area contributed by atoms with Gasteiger partial charge in [0.15, 0.2) is 10.8 Å². The summed E-state index contributed by atoms with van der Waals surface area (Å²) in [6.45, 7) is 5.67. The van der Waals surface area contributed by atoms with Gasteiger partial charge in [-0.1, -0.05) is 0 Å². The third kappa shape index (κ3) is 2.70. The van der Waals surface area contributed by atoms with Gasteiger partial charge in [-0.15, -0.1) is 11.3 Å². The van der Waals surface area contributed by atoms with Crippen molar-refractivity contribution < 1.29 is 4.79 Å². The summed E-state index contributed by atoms with van der Waals surface area (Å²) in [6.07, 6.45) is 3.32. The lowest BCUT2D eigenvalue weighted by atomic mass is 10.3. The first kappa shape index (κ1) is 12.6. The van der Waals surface area contributed by atoms with Crippen LogP contribution in [0.4, 0.5) is 0 Å². The van der Waals surface area contributed by atoms with Crippen LogP contribution in [0, 0.1) is 6.92 Å². The molecule has 2 heterocycles. The van der Waals surface area contributed by atoms with Crippen LogP contribution in [0.1, 0.15) is 29.2 Å². The highest BCUT2D eigenvalue weighted by molar-refractivity contribution is 7.17. The highest BCUT2D eigenvalue weighted by Crippen LogP contribution is 2.24.